The molecule has 0 bridgehead atoms. The van der Waals surface area contributed by atoms with E-state index in [-0.39, 0.29) is 0 Å². The molecular weight excluding hydrogens is 226 g/mol. The monoisotopic (exact) mass is 243 g/mol. The van der Waals surface area contributed by atoms with Crippen molar-refractivity contribution in [2.45, 2.75) is 13.0 Å². The van der Waals surface area contributed by atoms with Gasteiger partial charge in [0, 0.05) is 5.69 Å². The van der Waals surface area contributed by atoms with Gasteiger partial charge < -0.3 is 15.6 Å². The first kappa shape index (κ1) is 12.5. The third kappa shape index (κ3) is 2.81. The Morgan fingerprint density at radius 2 is 1.50 bits per heavy atom. The molecule has 0 aliphatic heterocycles. The van der Waals surface area contributed by atoms with Crippen LogP contribution in [-0.4, -0.2) is 11.7 Å². The number of rotatable bonds is 4. The van der Waals surface area contributed by atoms with Crippen molar-refractivity contribution in [3.8, 4) is 5.75 Å². The minimum Gasteiger partial charge on any atom is -0.494 e. The van der Waals surface area contributed by atoms with Gasteiger partial charge in [0.15, 0.2) is 0 Å². The summed E-state index contributed by atoms with van der Waals surface area (Å²) in [6.45, 7) is 2.58. The zero-order chi connectivity index (χ0) is 13.0. The highest BCUT2D eigenvalue weighted by molar-refractivity contribution is 5.42. The second kappa shape index (κ2) is 5.56. The van der Waals surface area contributed by atoms with Gasteiger partial charge in [0.05, 0.1) is 6.61 Å². The summed E-state index contributed by atoms with van der Waals surface area (Å²) < 4.78 is 5.36. The van der Waals surface area contributed by atoms with Gasteiger partial charge in [0.25, 0.3) is 0 Å². The van der Waals surface area contributed by atoms with Crippen molar-refractivity contribution < 1.29 is 9.84 Å². The van der Waals surface area contributed by atoms with E-state index in [2.05, 4.69) is 0 Å². The molecule has 0 aliphatic rings. The van der Waals surface area contributed by atoms with Crippen molar-refractivity contribution in [2.24, 2.45) is 0 Å². The van der Waals surface area contributed by atoms with E-state index in [1.54, 1.807) is 12.1 Å². The largest absolute Gasteiger partial charge is 0.494 e. The number of aliphatic hydroxyl groups excluding tert-OH is 1. The van der Waals surface area contributed by atoms with Crippen molar-refractivity contribution in [1.29, 1.82) is 0 Å². The molecule has 0 saturated heterocycles. The average Bonchev–Trinajstić information content (AvgIpc) is 2.40. The molecule has 0 heterocycles. The summed E-state index contributed by atoms with van der Waals surface area (Å²) in [6, 6.07) is 14.7. The fourth-order valence-corrected chi connectivity index (χ4v) is 1.78. The lowest BCUT2D eigenvalue weighted by Gasteiger charge is -2.12. The van der Waals surface area contributed by atoms with E-state index in [9.17, 15) is 5.11 Å². The predicted octanol–water partition coefficient (Wildman–Crippen LogP) is 2.75. The number of hydrogen-bond acceptors (Lipinski definition) is 3. The molecule has 3 heteroatoms. The van der Waals surface area contributed by atoms with Crippen LogP contribution in [0.5, 0.6) is 5.75 Å². The number of nitrogens with two attached hydrogens (primary N) is 1. The summed E-state index contributed by atoms with van der Waals surface area (Å²) >= 11 is 0. The fourth-order valence-electron chi connectivity index (χ4n) is 1.78. The van der Waals surface area contributed by atoms with Crippen molar-refractivity contribution >= 4 is 5.69 Å². The second-order valence-corrected chi connectivity index (χ2v) is 4.07. The topological polar surface area (TPSA) is 55.5 Å². The Morgan fingerprint density at radius 3 is 2.00 bits per heavy atom. The van der Waals surface area contributed by atoms with Gasteiger partial charge in [0.1, 0.15) is 11.9 Å². The molecule has 2 rings (SSSR count). The number of benzene rings is 2. The summed E-state index contributed by atoms with van der Waals surface area (Å²) in [5.41, 5.74) is 7.98. The smallest absolute Gasteiger partial charge is 0.119 e. The maximum Gasteiger partial charge on any atom is 0.119 e. The molecule has 94 valence electrons. The number of nitrogen functional groups attached to an aromatic ring is 1. The van der Waals surface area contributed by atoms with Crippen LogP contribution in [0.4, 0.5) is 5.69 Å². The van der Waals surface area contributed by atoms with Crippen LogP contribution in [0.15, 0.2) is 48.5 Å². The molecule has 3 N–H and O–H groups in total. The molecule has 0 spiro atoms. The normalized spacial score (nSPS) is 12.1. The lowest BCUT2D eigenvalue weighted by molar-refractivity contribution is 0.220. The van der Waals surface area contributed by atoms with Crippen LogP contribution in [0.1, 0.15) is 24.2 Å². The summed E-state index contributed by atoms with van der Waals surface area (Å²) in [4.78, 5) is 0. The Morgan fingerprint density at radius 1 is 1.00 bits per heavy atom. The summed E-state index contributed by atoms with van der Waals surface area (Å²) in [5.74, 6) is 0.811. The lowest BCUT2D eigenvalue weighted by Crippen LogP contribution is -2.00. The number of aliphatic hydroxyl groups is 1. The minimum absolute atomic E-state index is 0.638. The average molecular weight is 243 g/mol. The third-order valence-electron chi connectivity index (χ3n) is 2.76. The molecule has 0 fully saturated rings. The SMILES string of the molecule is CCOc1ccc(C(O)c2ccc(N)cc2)cc1. The Balaban J connectivity index is 2.17. The van der Waals surface area contributed by atoms with Gasteiger partial charge in [0.2, 0.25) is 0 Å². The lowest BCUT2D eigenvalue weighted by atomic mass is 10.0. The molecule has 2 aromatic carbocycles. The van der Waals surface area contributed by atoms with Crippen LogP contribution in [0, 0.1) is 0 Å². The Kier molecular flexibility index (Phi) is 3.85. The van der Waals surface area contributed by atoms with E-state index >= 15 is 0 Å². The van der Waals surface area contributed by atoms with Crippen LogP contribution in [0.2, 0.25) is 0 Å². The van der Waals surface area contributed by atoms with Crippen LogP contribution >= 0.6 is 0 Å². The van der Waals surface area contributed by atoms with Crippen molar-refractivity contribution in [1.82, 2.24) is 0 Å². The number of anilines is 1. The van der Waals surface area contributed by atoms with Gasteiger partial charge in [-0.1, -0.05) is 24.3 Å². The fraction of sp³-hybridized carbons (Fsp3) is 0.200. The third-order valence-corrected chi connectivity index (χ3v) is 2.76. The second-order valence-electron chi connectivity index (χ2n) is 4.07. The Bertz CT molecular complexity index is 491. The van der Waals surface area contributed by atoms with E-state index in [1.807, 2.05) is 43.3 Å². The first-order valence-corrected chi connectivity index (χ1v) is 5.97. The van der Waals surface area contributed by atoms with Crippen LogP contribution in [0.25, 0.3) is 0 Å². The Labute approximate surface area is 107 Å². The van der Waals surface area contributed by atoms with E-state index < -0.39 is 6.10 Å². The number of ether oxygens (including phenoxy) is 1. The molecule has 1 atom stereocenters. The molecule has 18 heavy (non-hydrogen) atoms. The number of hydrogen-bond donors (Lipinski definition) is 2. The van der Waals surface area contributed by atoms with Gasteiger partial charge in [-0.2, -0.15) is 0 Å². The van der Waals surface area contributed by atoms with E-state index in [4.69, 9.17) is 10.5 Å². The van der Waals surface area contributed by atoms with Gasteiger partial charge >= 0.3 is 0 Å². The quantitative estimate of drug-likeness (QED) is 0.812. The molecule has 0 saturated carbocycles. The summed E-state index contributed by atoms with van der Waals surface area (Å²) in [6.07, 6.45) is -0.638. The first-order valence-electron chi connectivity index (χ1n) is 5.97. The summed E-state index contributed by atoms with van der Waals surface area (Å²) in [5, 5.41) is 10.2. The van der Waals surface area contributed by atoms with Crippen molar-refractivity contribution in [3.63, 3.8) is 0 Å². The van der Waals surface area contributed by atoms with Gasteiger partial charge in [-0.15, -0.1) is 0 Å². The molecule has 0 aromatic heterocycles. The van der Waals surface area contributed by atoms with Gasteiger partial charge in [-0.3, -0.25) is 0 Å². The highest BCUT2D eigenvalue weighted by atomic mass is 16.5. The molecule has 3 nitrogen and oxygen atoms in total. The first-order chi connectivity index (χ1) is 8.70. The summed E-state index contributed by atoms with van der Waals surface area (Å²) in [7, 11) is 0. The maximum atomic E-state index is 10.2. The van der Waals surface area contributed by atoms with E-state index in [0.29, 0.717) is 12.3 Å². The van der Waals surface area contributed by atoms with Crippen molar-refractivity contribution in [3.05, 3.63) is 59.7 Å². The standard InChI is InChI=1S/C15H17NO2/c1-2-18-14-9-5-12(6-10-14)15(17)11-3-7-13(16)8-4-11/h3-10,15,17H,2,16H2,1H3. The molecular formula is C15H17NO2. The Hall–Kier alpha value is -2.00. The predicted molar refractivity (Wildman–Crippen MR) is 72.5 cm³/mol. The molecule has 0 aliphatic carbocycles. The molecule has 1 unspecified atom stereocenters. The van der Waals surface area contributed by atoms with Gasteiger partial charge in [-0.25, -0.2) is 0 Å². The van der Waals surface area contributed by atoms with Crippen LogP contribution in [0.3, 0.4) is 0 Å². The minimum atomic E-state index is -0.638. The zero-order valence-corrected chi connectivity index (χ0v) is 10.3. The van der Waals surface area contributed by atoms with E-state index in [1.165, 1.54) is 0 Å². The highest BCUT2D eigenvalue weighted by Crippen LogP contribution is 2.24. The van der Waals surface area contributed by atoms with Crippen LogP contribution in [-0.2, 0) is 0 Å². The maximum absolute atomic E-state index is 10.2. The van der Waals surface area contributed by atoms with Gasteiger partial charge in [-0.05, 0) is 42.3 Å². The molecule has 0 amide bonds. The van der Waals surface area contributed by atoms with E-state index in [0.717, 1.165) is 16.9 Å². The molecule has 0 radical (unpaired) electrons. The molecule has 2 aromatic rings. The van der Waals surface area contributed by atoms with Crippen molar-refractivity contribution in [2.75, 3.05) is 12.3 Å². The highest BCUT2D eigenvalue weighted by Gasteiger charge is 2.09. The van der Waals surface area contributed by atoms with Crippen LogP contribution < -0.4 is 10.5 Å². The zero-order valence-electron chi connectivity index (χ0n) is 10.3.